The molecule has 1 aromatic carbocycles. The molecule has 0 aliphatic heterocycles. The molecule has 0 fully saturated rings. The molecular formula is C12H14FN. The van der Waals surface area contributed by atoms with E-state index >= 15 is 0 Å². The Kier molecular flexibility index (Phi) is 2.62. The molecule has 1 rings (SSSR count). The maximum Gasteiger partial charge on any atom is 0.196 e. The second kappa shape index (κ2) is 3.42. The molecular weight excluding hydrogens is 177 g/mol. The number of benzene rings is 1. The van der Waals surface area contributed by atoms with Crippen LogP contribution in [0.1, 0.15) is 31.9 Å². The third-order valence-corrected chi connectivity index (χ3v) is 2.28. The fourth-order valence-corrected chi connectivity index (χ4v) is 1.42. The van der Waals surface area contributed by atoms with E-state index in [2.05, 4.69) is 4.85 Å². The highest BCUT2D eigenvalue weighted by atomic mass is 19.1. The van der Waals surface area contributed by atoms with Crippen molar-refractivity contribution in [2.45, 2.75) is 33.1 Å². The van der Waals surface area contributed by atoms with Gasteiger partial charge in [-0.15, -0.1) is 0 Å². The van der Waals surface area contributed by atoms with E-state index < -0.39 is 0 Å². The fraction of sp³-hybridized carbons (Fsp3) is 0.417. The van der Waals surface area contributed by atoms with E-state index in [1.165, 1.54) is 6.07 Å². The first kappa shape index (κ1) is 10.7. The van der Waals surface area contributed by atoms with Gasteiger partial charge in [0, 0.05) is 0 Å². The molecule has 1 nitrogen and oxygen atoms in total. The van der Waals surface area contributed by atoms with E-state index in [0.29, 0.717) is 11.3 Å². The maximum absolute atomic E-state index is 13.2. The Morgan fingerprint density at radius 2 is 1.86 bits per heavy atom. The van der Waals surface area contributed by atoms with Crippen LogP contribution in [-0.4, -0.2) is 0 Å². The number of rotatable bonds is 0. The summed E-state index contributed by atoms with van der Waals surface area (Å²) in [7, 11) is 0. The van der Waals surface area contributed by atoms with Crippen LogP contribution in [-0.2, 0) is 5.41 Å². The van der Waals surface area contributed by atoms with Crippen molar-refractivity contribution in [1.82, 2.24) is 0 Å². The topological polar surface area (TPSA) is 4.36 Å². The average molecular weight is 191 g/mol. The van der Waals surface area contributed by atoms with Crippen molar-refractivity contribution < 1.29 is 4.39 Å². The Morgan fingerprint density at radius 3 is 2.29 bits per heavy atom. The molecule has 0 bridgehead atoms. The van der Waals surface area contributed by atoms with Gasteiger partial charge in [-0.25, -0.2) is 9.24 Å². The van der Waals surface area contributed by atoms with Gasteiger partial charge < -0.3 is 0 Å². The number of halogens is 1. The number of hydrogen-bond acceptors (Lipinski definition) is 0. The number of nitrogens with zero attached hydrogens (tertiary/aromatic N) is 1. The van der Waals surface area contributed by atoms with Gasteiger partial charge in [0.2, 0.25) is 0 Å². The first-order chi connectivity index (χ1) is 6.38. The monoisotopic (exact) mass is 191 g/mol. The van der Waals surface area contributed by atoms with Crippen LogP contribution in [0, 0.1) is 19.3 Å². The lowest BCUT2D eigenvalue weighted by molar-refractivity contribution is 0.583. The van der Waals surface area contributed by atoms with Crippen molar-refractivity contribution in [3.05, 3.63) is 40.5 Å². The number of hydrogen-bond donors (Lipinski definition) is 0. The molecule has 0 unspecified atom stereocenters. The normalized spacial score (nSPS) is 11.1. The molecule has 0 aliphatic carbocycles. The Labute approximate surface area is 84.4 Å². The zero-order valence-corrected chi connectivity index (χ0v) is 8.98. The van der Waals surface area contributed by atoms with Gasteiger partial charge in [0.15, 0.2) is 5.69 Å². The molecule has 0 atom stereocenters. The van der Waals surface area contributed by atoms with Crippen LogP contribution in [0.4, 0.5) is 10.1 Å². The van der Waals surface area contributed by atoms with Crippen molar-refractivity contribution in [3.8, 4) is 0 Å². The maximum atomic E-state index is 13.2. The summed E-state index contributed by atoms with van der Waals surface area (Å²) in [5, 5.41) is 0. The Morgan fingerprint density at radius 1 is 1.29 bits per heavy atom. The van der Waals surface area contributed by atoms with Gasteiger partial charge in [-0.05, 0) is 29.5 Å². The molecule has 0 saturated heterocycles. The van der Waals surface area contributed by atoms with Crippen LogP contribution in [0.25, 0.3) is 4.85 Å². The summed E-state index contributed by atoms with van der Waals surface area (Å²) in [5.41, 5.74) is 1.70. The zero-order chi connectivity index (χ0) is 10.9. The summed E-state index contributed by atoms with van der Waals surface area (Å²) in [6.07, 6.45) is 0. The smallest absolute Gasteiger partial charge is 0.196 e. The van der Waals surface area contributed by atoms with Crippen molar-refractivity contribution >= 4 is 5.69 Å². The minimum Gasteiger partial charge on any atom is -0.237 e. The van der Waals surface area contributed by atoms with E-state index in [9.17, 15) is 4.39 Å². The Hall–Kier alpha value is -1.36. The van der Waals surface area contributed by atoms with Crippen LogP contribution < -0.4 is 0 Å². The summed E-state index contributed by atoms with van der Waals surface area (Å²) in [6, 6.07) is 3.14. The largest absolute Gasteiger partial charge is 0.237 e. The molecule has 0 heterocycles. The molecule has 1 aromatic rings. The molecule has 0 amide bonds. The van der Waals surface area contributed by atoms with Gasteiger partial charge in [0.1, 0.15) is 5.82 Å². The van der Waals surface area contributed by atoms with Gasteiger partial charge in [0.05, 0.1) is 6.57 Å². The van der Waals surface area contributed by atoms with Gasteiger partial charge in [0.25, 0.3) is 0 Å². The molecule has 0 aliphatic rings. The van der Waals surface area contributed by atoms with Crippen LogP contribution >= 0.6 is 0 Å². The molecule has 74 valence electrons. The molecule has 14 heavy (non-hydrogen) atoms. The lowest BCUT2D eigenvalue weighted by Gasteiger charge is -2.21. The van der Waals surface area contributed by atoms with Crippen molar-refractivity contribution in [2.75, 3.05) is 0 Å². The minimum absolute atomic E-state index is 0.113. The van der Waals surface area contributed by atoms with Crippen LogP contribution in [0.5, 0.6) is 0 Å². The molecule has 0 spiro atoms. The summed E-state index contributed by atoms with van der Waals surface area (Å²) < 4.78 is 13.2. The van der Waals surface area contributed by atoms with Gasteiger partial charge in [-0.1, -0.05) is 26.8 Å². The second-order valence-electron chi connectivity index (χ2n) is 4.43. The van der Waals surface area contributed by atoms with Crippen LogP contribution in [0.3, 0.4) is 0 Å². The first-order valence-electron chi connectivity index (χ1n) is 4.55. The molecule has 0 radical (unpaired) electrons. The summed E-state index contributed by atoms with van der Waals surface area (Å²) in [6.45, 7) is 14.8. The lowest BCUT2D eigenvalue weighted by Crippen LogP contribution is -2.11. The predicted octanol–water partition coefficient (Wildman–Crippen LogP) is 3.98. The Bertz CT molecular complexity index is 394. The minimum atomic E-state index is -0.302. The van der Waals surface area contributed by atoms with Crippen LogP contribution in [0.2, 0.25) is 0 Å². The van der Waals surface area contributed by atoms with E-state index in [-0.39, 0.29) is 11.2 Å². The van der Waals surface area contributed by atoms with Gasteiger partial charge in [-0.2, -0.15) is 0 Å². The predicted molar refractivity (Wildman–Crippen MR) is 56.1 cm³/mol. The molecule has 2 heteroatoms. The van der Waals surface area contributed by atoms with E-state index in [1.807, 2.05) is 20.8 Å². The fourth-order valence-electron chi connectivity index (χ4n) is 1.42. The zero-order valence-electron chi connectivity index (χ0n) is 8.98. The standard InChI is InChI=1S/C12H14FN/c1-8-10(13)7-6-9(11(8)14-5)12(2,3)4/h6-7H,1-4H3. The third kappa shape index (κ3) is 1.77. The molecule has 0 saturated carbocycles. The quantitative estimate of drug-likeness (QED) is 0.546. The summed E-state index contributed by atoms with van der Waals surface area (Å²) in [4.78, 5) is 3.41. The SMILES string of the molecule is [C-]#[N+]c1c(C(C)(C)C)ccc(F)c1C. The summed E-state index contributed by atoms with van der Waals surface area (Å²) in [5.74, 6) is -0.302. The summed E-state index contributed by atoms with van der Waals surface area (Å²) >= 11 is 0. The molecule has 0 aromatic heterocycles. The second-order valence-corrected chi connectivity index (χ2v) is 4.43. The third-order valence-electron chi connectivity index (χ3n) is 2.28. The highest BCUT2D eigenvalue weighted by Gasteiger charge is 2.20. The first-order valence-corrected chi connectivity index (χ1v) is 4.55. The van der Waals surface area contributed by atoms with Crippen molar-refractivity contribution in [3.63, 3.8) is 0 Å². The molecule has 0 N–H and O–H groups in total. The highest BCUT2D eigenvalue weighted by molar-refractivity contribution is 5.60. The highest BCUT2D eigenvalue weighted by Crippen LogP contribution is 2.35. The Balaban J connectivity index is 3.49. The van der Waals surface area contributed by atoms with Crippen molar-refractivity contribution in [1.29, 1.82) is 0 Å². The lowest BCUT2D eigenvalue weighted by atomic mass is 9.84. The van der Waals surface area contributed by atoms with Gasteiger partial charge in [-0.3, -0.25) is 0 Å². The van der Waals surface area contributed by atoms with E-state index in [1.54, 1.807) is 13.0 Å². The van der Waals surface area contributed by atoms with Crippen molar-refractivity contribution in [2.24, 2.45) is 0 Å². The van der Waals surface area contributed by atoms with Crippen LogP contribution in [0.15, 0.2) is 12.1 Å². The van der Waals surface area contributed by atoms with E-state index in [0.717, 1.165) is 5.56 Å². The van der Waals surface area contributed by atoms with Gasteiger partial charge >= 0.3 is 0 Å². The van der Waals surface area contributed by atoms with E-state index in [4.69, 9.17) is 6.57 Å². The average Bonchev–Trinajstić information content (AvgIpc) is 2.07.